The second kappa shape index (κ2) is 7.47. The number of anilines is 1. The standard InChI is InChI=1S/C20H25N3O/c1-15(2)7-9-22-19-11-18(12-21-13-19)20(24)23-10-8-16-5-3-4-6-17(16)14-23/h3-6,11-13,15,22H,7-10,14H2,1-2H3. The molecule has 0 saturated heterocycles. The molecule has 0 saturated carbocycles. The smallest absolute Gasteiger partial charge is 0.255 e. The number of aromatic nitrogens is 1. The van der Waals surface area contributed by atoms with Crippen molar-refractivity contribution in [2.75, 3.05) is 18.4 Å². The molecule has 2 heterocycles. The molecule has 126 valence electrons. The van der Waals surface area contributed by atoms with Crippen molar-refractivity contribution in [2.24, 2.45) is 5.92 Å². The first kappa shape index (κ1) is 16.5. The zero-order valence-corrected chi connectivity index (χ0v) is 14.5. The molecule has 0 fully saturated rings. The highest BCUT2D eigenvalue weighted by Crippen LogP contribution is 2.21. The first-order valence-corrected chi connectivity index (χ1v) is 8.68. The van der Waals surface area contributed by atoms with Gasteiger partial charge >= 0.3 is 0 Å². The summed E-state index contributed by atoms with van der Waals surface area (Å²) < 4.78 is 0. The molecule has 0 radical (unpaired) electrons. The molecule has 3 rings (SSSR count). The van der Waals surface area contributed by atoms with Crippen LogP contribution in [0, 0.1) is 5.92 Å². The topological polar surface area (TPSA) is 45.2 Å². The molecule has 1 aliphatic rings. The van der Waals surface area contributed by atoms with Crippen LogP contribution in [0.4, 0.5) is 5.69 Å². The van der Waals surface area contributed by atoms with Gasteiger partial charge in [0.1, 0.15) is 0 Å². The quantitative estimate of drug-likeness (QED) is 0.912. The molecule has 0 atom stereocenters. The highest BCUT2D eigenvalue weighted by Gasteiger charge is 2.21. The minimum absolute atomic E-state index is 0.0597. The molecule has 1 amide bonds. The highest BCUT2D eigenvalue weighted by atomic mass is 16.2. The van der Waals surface area contributed by atoms with Gasteiger partial charge in [-0.15, -0.1) is 0 Å². The molecule has 1 aromatic carbocycles. The highest BCUT2D eigenvalue weighted by molar-refractivity contribution is 5.94. The summed E-state index contributed by atoms with van der Waals surface area (Å²) in [6.45, 7) is 6.75. The van der Waals surface area contributed by atoms with Crippen LogP contribution in [0.15, 0.2) is 42.7 Å². The second-order valence-corrected chi connectivity index (χ2v) is 6.82. The van der Waals surface area contributed by atoms with Crippen LogP contribution in [-0.4, -0.2) is 28.9 Å². The second-order valence-electron chi connectivity index (χ2n) is 6.82. The maximum Gasteiger partial charge on any atom is 0.255 e. The number of hydrogen-bond donors (Lipinski definition) is 1. The number of nitrogens with one attached hydrogen (secondary N) is 1. The van der Waals surface area contributed by atoms with Crippen LogP contribution < -0.4 is 5.32 Å². The molecule has 4 nitrogen and oxygen atoms in total. The van der Waals surface area contributed by atoms with Gasteiger partial charge in [0.25, 0.3) is 5.91 Å². The number of rotatable bonds is 5. The molecule has 4 heteroatoms. The van der Waals surface area contributed by atoms with Gasteiger partial charge in [-0.1, -0.05) is 38.1 Å². The van der Waals surface area contributed by atoms with Crippen LogP contribution >= 0.6 is 0 Å². The Morgan fingerprint density at radius 3 is 2.83 bits per heavy atom. The van der Waals surface area contributed by atoms with Crippen LogP contribution in [0.25, 0.3) is 0 Å². The van der Waals surface area contributed by atoms with E-state index < -0.39 is 0 Å². The van der Waals surface area contributed by atoms with Gasteiger partial charge in [0.15, 0.2) is 0 Å². The lowest BCUT2D eigenvalue weighted by atomic mass is 9.99. The van der Waals surface area contributed by atoms with Crippen molar-refractivity contribution in [3.8, 4) is 0 Å². The normalized spacial score (nSPS) is 13.7. The lowest BCUT2D eigenvalue weighted by molar-refractivity contribution is 0.0734. The third-order valence-electron chi connectivity index (χ3n) is 4.45. The van der Waals surface area contributed by atoms with Gasteiger partial charge in [0, 0.05) is 32.0 Å². The number of pyridine rings is 1. The summed E-state index contributed by atoms with van der Waals surface area (Å²) in [5.74, 6) is 0.716. The lowest BCUT2D eigenvalue weighted by Gasteiger charge is -2.29. The summed E-state index contributed by atoms with van der Waals surface area (Å²) in [5.41, 5.74) is 4.17. The zero-order valence-electron chi connectivity index (χ0n) is 14.5. The van der Waals surface area contributed by atoms with Crippen molar-refractivity contribution < 1.29 is 4.79 Å². The van der Waals surface area contributed by atoms with Gasteiger partial charge in [0.05, 0.1) is 11.3 Å². The molecule has 0 unspecified atom stereocenters. The molecule has 1 aliphatic heterocycles. The van der Waals surface area contributed by atoms with E-state index >= 15 is 0 Å². The van der Waals surface area contributed by atoms with E-state index in [9.17, 15) is 4.79 Å². The van der Waals surface area contributed by atoms with Crippen LogP contribution in [0.3, 0.4) is 0 Å². The summed E-state index contributed by atoms with van der Waals surface area (Å²) in [6, 6.07) is 10.3. The Morgan fingerprint density at radius 1 is 1.25 bits per heavy atom. The van der Waals surface area contributed by atoms with Crippen molar-refractivity contribution in [3.63, 3.8) is 0 Å². The van der Waals surface area contributed by atoms with Gasteiger partial charge in [-0.25, -0.2) is 0 Å². The molecular formula is C20H25N3O. The summed E-state index contributed by atoms with van der Waals surface area (Å²) >= 11 is 0. The van der Waals surface area contributed by atoms with Crippen molar-refractivity contribution in [2.45, 2.75) is 33.2 Å². The number of amides is 1. The predicted octanol–water partition coefficient (Wildman–Crippen LogP) is 3.74. The monoisotopic (exact) mass is 323 g/mol. The zero-order chi connectivity index (χ0) is 16.9. The van der Waals surface area contributed by atoms with Crippen LogP contribution in [0.5, 0.6) is 0 Å². The minimum atomic E-state index is 0.0597. The Kier molecular flexibility index (Phi) is 5.14. The maximum atomic E-state index is 12.8. The third kappa shape index (κ3) is 3.94. The van der Waals surface area contributed by atoms with Crippen molar-refractivity contribution in [3.05, 3.63) is 59.4 Å². The predicted molar refractivity (Wildman–Crippen MR) is 97.1 cm³/mol. The number of nitrogens with zero attached hydrogens (tertiary/aromatic N) is 2. The van der Waals surface area contributed by atoms with E-state index in [1.54, 1.807) is 12.4 Å². The molecular weight excluding hydrogens is 298 g/mol. The fourth-order valence-corrected chi connectivity index (χ4v) is 3.01. The molecule has 1 N–H and O–H groups in total. The summed E-state index contributed by atoms with van der Waals surface area (Å²) in [7, 11) is 0. The van der Waals surface area contributed by atoms with Gasteiger partial charge < -0.3 is 10.2 Å². The molecule has 0 spiro atoms. The Labute approximate surface area is 143 Å². The van der Waals surface area contributed by atoms with Crippen LogP contribution in [0.1, 0.15) is 41.8 Å². The van der Waals surface area contributed by atoms with Crippen molar-refractivity contribution in [1.82, 2.24) is 9.88 Å². The van der Waals surface area contributed by atoms with Gasteiger partial charge in [-0.05, 0) is 36.0 Å². The van der Waals surface area contributed by atoms with Crippen molar-refractivity contribution in [1.29, 1.82) is 0 Å². The number of fused-ring (bicyclic) bond motifs is 1. The number of benzene rings is 1. The summed E-state index contributed by atoms with van der Waals surface area (Å²) in [6.07, 6.45) is 5.46. The van der Waals surface area contributed by atoms with E-state index in [0.29, 0.717) is 18.0 Å². The van der Waals surface area contributed by atoms with Crippen molar-refractivity contribution >= 4 is 11.6 Å². The van der Waals surface area contributed by atoms with Crippen LogP contribution in [0.2, 0.25) is 0 Å². The van der Waals surface area contributed by atoms with E-state index in [1.165, 1.54) is 11.1 Å². The van der Waals surface area contributed by atoms with Gasteiger partial charge in [-0.3, -0.25) is 9.78 Å². The summed E-state index contributed by atoms with van der Waals surface area (Å²) in [4.78, 5) is 18.9. The Hall–Kier alpha value is -2.36. The Balaban J connectivity index is 1.67. The fraction of sp³-hybridized carbons (Fsp3) is 0.400. The average molecular weight is 323 g/mol. The minimum Gasteiger partial charge on any atom is -0.384 e. The number of carbonyl (C=O) groups is 1. The molecule has 2 aromatic rings. The van der Waals surface area contributed by atoms with E-state index in [2.05, 4.69) is 42.3 Å². The number of hydrogen-bond acceptors (Lipinski definition) is 3. The molecule has 24 heavy (non-hydrogen) atoms. The van der Waals surface area contributed by atoms with E-state index in [0.717, 1.165) is 31.6 Å². The molecule has 1 aromatic heterocycles. The van der Waals surface area contributed by atoms with E-state index in [4.69, 9.17) is 0 Å². The lowest BCUT2D eigenvalue weighted by Crippen LogP contribution is -2.36. The van der Waals surface area contributed by atoms with Crippen LogP contribution in [-0.2, 0) is 13.0 Å². The largest absolute Gasteiger partial charge is 0.384 e. The first-order valence-electron chi connectivity index (χ1n) is 8.68. The summed E-state index contributed by atoms with van der Waals surface area (Å²) in [5, 5.41) is 3.36. The number of carbonyl (C=O) groups excluding carboxylic acids is 1. The first-order chi connectivity index (χ1) is 11.6. The maximum absolute atomic E-state index is 12.8. The molecule has 0 aliphatic carbocycles. The SMILES string of the molecule is CC(C)CCNc1cncc(C(=O)N2CCc3ccccc3C2)c1. The van der Waals surface area contributed by atoms with E-state index in [-0.39, 0.29) is 5.91 Å². The average Bonchev–Trinajstić information content (AvgIpc) is 2.60. The Morgan fingerprint density at radius 2 is 2.04 bits per heavy atom. The Bertz CT molecular complexity index is 712. The van der Waals surface area contributed by atoms with Gasteiger partial charge in [-0.2, -0.15) is 0 Å². The van der Waals surface area contributed by atoms with E-state index in [1.807, 2.05) is 17.0 Å². The fourth-order valence-electron chi connectivity index (χ4n) is 3.01. The van der Waals surface area contributed by atoms with Gasteiger partial charge in [0.2, 0.25) is 0 Å². The molecule has 0 bridgehead atoms. The third-order valence-corrected chi connectivity index (χ3v) is 4.45.